The minimum atomic E-state index is -0.460. The van der Waals surface area contributed by atoms with Crippen LogP contribution in [0.15, 0.2) is 66.2 Å². The molecule has 5 heteroatoms. The minimum absolute atomic E-state index is 0.0133. The van der Waals surface area contributed by atoms with Crippen molar-refractivity contribution in [3.05, 3.63) is 99.9 Å². The zero-order chi connectivity index (χ0) is 22.4. The number of halogens is 1. The van der Waals surface area contributed by atoms with Gasteiger partial charge in [-0.05, 0) is 85.5 Å². The second-order valence-corrected chi connectivity index (χ2v) is 7.39. The summed E-state index contributed by atoms with van der Waals surface area (Å²) in [7, 11) is 0. The Hall–Kier alpha value is -3.91. The van der Waals surface area contributed by atoms with Gasteiger partial charge in [-0.15, -0.1) is 0 Å². The van der Waals surface area contributed by atoms with Crippen LogP contribution in [0.5, 0.6) is 5.75 Å². The standard InChI is InChI=1S/C26H23FN2O2/c1-17-4-10-24(11-5-17)29-26(30)22(15-28)14-21-12-18(2)25(19(3)13-21)31-16-20-6-8-23(27)9-7-20/h4-14H,16H2,1-3H3,(H,29,30)/b22-14+. The summed E-state index contributed by atoms with van der Waals surface area (Å²) >= 11 is 0. The third-order valence-electron chi connectivity index (χ3n) is 4.76. The molecular formula is C26H23FN2O2. The van der Waals surface area contributed by atoms with Gasteiger partial charge in [0.05, 0.1) is 0 Å². The smallest absolute Gasteiger partial charge is 0.266 e. The summed E-state index contributed by atoms with van der Waals surface area (Å²) in [5.74, 6) is -0.0191. The van der Waals surface area contributed by atoms with Crippen LogP contribution in [0.1, 0.15) is 27.8 Å². The molecular weight excluding hydrogens is 391 g/mol. The fourth-order valence-electron chi connectivity index (χ4n) is 3.18. The lowest BCUT2D eigenvalue weighted by Crippen LogP contribution is -2.13. The third kappa shape index (κ3) is 5.80. The summed E-state index contributed by atoms with van der Waals surface area (Å²) in [4.78, 5) is 12.5. The van der Waals surface area contributed by atoms with E-state index in [0.29, 0.717) is 12.3 Å². The number of aryl methyl sites for hydroxylation is 3. The molecule has 0 aliphatic carbocycles. The van der Waals surface area contributed by atoms with Gasteiger partial charge in [-0.1, -0.05) is 29.8 Å². The number of ether oxygens (including phenoxy) is 1. The highest BCUT2D eigenvalue weighted by molar-refractivity contribution is 6.09. The number of anilines is 1. The molecule has 0 saturated heterocycles. The molecule has 3 aromatic rings. The lowest BCUT2D eigenvalue weighted by atomic mass is 10.0. The van der Waals surface area contributed by atoms with E-state index in [-0.39, 0.29) is 11.4 Å². The molecule has 1 N–H and O–H groups in total. The molecule has 3 rings (SSSR count). The quantitative estimate of drug-likeness (QED) is 0.405. The van der Waals surface area contributed by atoms with Gasteiger partial charge in [-0.2, -0.15) is 5.26 Å². The van der Waals surface area contributed by atoms with E-state index in [1.165, 1.54) is 12.1 Å². The molecule has 0 aliphatic rings. The molecule has 31 heavy (non-hydrogen) atoms. The molecule has 3 aromatic carbocycles. The Morgan fingerprint density at radius 3 is 2.23 bits per heavy atom. The molecule has 0 bridgehead atoms. The number of benzene rings is 3. The molecule has 0 radical (unpaired) electrons. The van der Waals surface area contributed by atoms with E-state index in [2.05, 4.69) is 5.32 Å². The van der Waals surface area contributed by atoms with E-state index < -0.39 is 5.91 Å². The van der Waals surface area contributed by atoms with E-state index in [1.54, 1.807) is 30.3 Å². The molecule has 0 aromatic heterocycles. The van der Waals surface area contributed by atoms with Crippen LogP contribution in [0.3, 0.4) is 0 Å². The maximum Gasteiger partial charge on any atom is 0.266 e. The van der Waals surface area contributed by atoms with Gasteiger partial charge >= 0.3 is 0 Å². The van der Waals surface area contributed by atoms with Gasteiger partial charge in [0.25, 0.3) is 5.91 Å². The average molecular weight is 414 g/mol. The number of nitrogens with zero attached hydrogens (tertiary/aromatic N) is 1. The molecule has 0 heterocycles. The molecule has 0 saturated carbocycles. The number of carbonyl (C=O) groups excluding carboxylic acids is 1. The number of rotatable bonds is 6. The molecule has 0 spiro atoms. The Kier molecular flexibility index (Phi) is 6.84. The number of nitriles is 1. The van der Waals surface area contributed by atoms with Crippen LogP contribution < -0.4 is 10.1 Å². The van der Waals surface area contributed by atoms with Crippen LogP contribution in [0.25, 0.3) is 6.08 Å². The van der Waals surface area contributed by atoms with Crippen molar-refractivity contribution >= 4 is 17.7 Å². The van der Waals surface area contributed by atoms with Gasteiger partial charge in [0.2, 0.25) is 0 Å². The summed E-state index contributed by atoms with van der Waals surface area (Å²) in [6.07, 6.45) is 1.56. The van der Waals surface area contributed by atoms with Crippen LogP contribution in [-0.2, 0) is 11.4 Å². The Bertz CT molecular complexity index is 1130. The SMILES string of the molecule is Cc1ccc(NC(=O)/C(C#N)=C/c2cc(C)c(OCc3ccc(F)cc3)c(C)c2)cc1. The van der Waals surface area contributed by atoms with E-state index in [9.17, 15) is 14.4 Å². The van der Waals surface area contributed by atoms with Crippen LogP contribution >= 0.6 is 0 Å². The Morgan fingerprint density at radius 1 is 1.03 bits per heavy atom. The van der Waals surface area contributed by atoms with Crippen molar-refractivity contribution in [1.82, 2.24) is 0 Å². The highest BCUT2D eigenvalue weighted by atomic mass is 19.1. The van der Waals surface area contributed by atoms with Crippen LogP contribution in [0, 0.1) is 37.9 Å². The largest absolute Gasteiger partial charge is 0.488 e. The Labute approximate surface area is 181 Å². The number of hydrogen-bond acceptors (Lipinski definition) is 3. The molecule has 0 aliphatic heterocycles. The normalized spacial score (nSPS) is 11.0. The predicted octanol–water partition coefficient (Wildman–Crippen LogP) is 5.88. The number of nitrogens with one attached hydrogen (secondary N) is 1. The second kappa shape index (κ2) is 9.73. The molecule has 0 fully saturated rings. The highest BCUT2D eigenvalue weighted by Gasteiger charge is 2.12. The summed E-state index contributed by atoms with van der Waals surface area (Å²) in [6.45, 7) is 6.09. The number of amides is 1. The lowest BCUT2D eigenvalue weighted by molar-refractivity contribution is -0.112. The Morgan fingerprint density at radius 2 is 1.65 bits per heavy atom. The third-order valence-corrected chi connectivity index (χ3v) is 4.76. The van der Waals surface area contributed by atoms with Gasteiger partial charge in [-0.3, -0.25) is 4.79 Å². The number of hydrogen-bond donors (Lipinski definition) is 1. The van der Waals surface area contributed by atoms with Gasteiger partial charge < -0.3 is 10.1 Å². The summed E-state index contributed by atoms with van der Waals surface area (Å²) in [5.41, 5.74) is 5.09. The van der Waals surface area contributed by atoms with Crippen molar-refractivity contribution in [2.75, 3.05) is 5.32 Å². The van der Waals surface area contributed by atoms with E-state index in [4.69, 9.17) is 4.74 Å². The second-order valence-electron chi connectivity index (χ2n) is 7.39. The average Bonchev–Trinajstić information content (AvgIpc) is 2.74. The van der Waals surface area contributed by atoms with Crippen LogP contribution in [0.4, 0.5) is 10.1 Å². The molecule has 4 nitrogen and oxygen atoms in total. The van der Waals surface area contributed by atoms with Crippen molar-refractivity contribution in [3.8, 4) is 11.8 Å². The van der Waals surface area contributed by atoms with Crippen molar-refractivity contribution in [2.45, 2.75) is 27.4 Å². The summed E-state index contributed by atoms with van der Waals surface area (Å²) in [6, 6.07) is 19.2. The first-order valence-corrected chi connectivity index (χ1v) is 9.84. The van der Waals surface area contributed by atoms with E-state index in [1.807, 2.05) is 51.1 Å². The molecule has 0 unspecified atom stereocenters. The van der Waals surface area contributed by atoms with Crippen molar-refractivity contribution in [2.24, 2.45) is 0 Å². The van der Waals surface area contributed by atoms with Gasteiger partial charge in [0.1, 0.15) is 29.8 Å². The maximum absolute atomic E-state index is 13.1. The highest BCUT2D eigenvalue weighted by Crippen LogP contribution is 2.27. The predicted molar refractivity (Wildman–Crippen MR) is 120 cm³/mol. The van der Waals surface area contributed by atoms with Crippen LogP contribution in [-0.4, -0.2) is 5.91 Å². The fraction of sp³-hybridized carbons (Fsp3) is 0.154. The molecule has 0 atom stereocenters. The van der Waals surface area contributed by atoms with Crippen molar-refractivity contribution in [3.63, 3.8) is 0 Å². The monoisotopic (exact) mass is 414 g/mol. The fourth-order valence-corrected chi connectivity index (χ4v) is 3.18. The topological polar surface area (TPSA) is 62.1 Å². The minimum Gasteiger partial charge on any atom is -0.488 e. The summed E-state index contributed by atoms with van der Waals surface area (Å²) in [5, 5.41) is 12.2. The van der Waals surface area contributed by atoms with Crippen molar-refractivity contribution < 1.29 is 13.9 Å². The number of carbonyl (C=O) groups is 1. The summed E-state index contributed by atoms with van der Waals surface area (Å²) < 4.78 is 19.0. The van der Waals surface area contributed by atoms with Crippen molar-refractivity contribution in [1.29, 1.82) is 5.26 Å². The van der Waals surface area contributed by atoms with Gasteiger partial charge in [0, 0.05) is 5.69 Å². The van der Waals surface area contributed by atoms with Gasteiger partial charge in [-0.25, -0.2) is 4.39 Å². The maximum atomic E-state index is 13.1. The first-order chi connectivity index (χ1) is 14.9. The van der Waals surface area contributed by atoms with Crippen LogP contribution in [0.2, 0.25) is 0 Å². The Balaban J connectivity index is 1.76. The zero-order valence-electron chi connectivity index (χ0n) is 17.7. The lowest BCUT2D eigenvalue weighted by Gasteiger charge is -2.13. The van der Waals surface area contributed by atoms with Gasteiger partial charge in [0.15, 0.2) is 0 Å². The first-order valence-electron chi connectivity index (χ1n) is 9.84. The first kappa shape index (κ1) is 21.8. The molecule has 1 amide bonds. The molecule has 156 valence electrons. The van der Waals surface area contributed by atoms with E-state index in [0.717, 1.165) is 33.6 Å². The van der Waals surface area contributed by atoms with E-state index >= 15 is 0 Å². The zero-order valence-corrected chi connectivity index (χ0v) is 17.7.